The van der Waals surface area contributed by atoms with Crippen LogP contribution in [-0.4, -0.2) is 33.7 Å². The summed E-state index contributed by atoms with van der Waals surface area (Å²) in [5.41, 5.74) is 3.28. The Morgan fingerprint density at radius 3 is 2.54 bits per heavy atom. The second-order valence-corrected chi connectivity index (χ2v) is 6.88. The molecule has 1 aliphatic rings. The Labute approximate surface area is 166 Å². The maximum atomic E-state index is 12.2. The number of hydrogen-bond acceptors (Lipinski definition) is 5. The van der Waals surface area contributed by atoms with Gasteiger partial charge in [-0.05, 0) is 54.2 Å². The van der Waals surface area contributed by atoms with E-state index in [9.17, 15) is 4.79 Å². The van der Waals surface area contributed by atoms with Crippen molar-refractivity contribution < 1.29 is 19.0 Å². The molecule has 28 heavy (non-hydrogen) atoms. The molecule has 0 radical (unpaired) electrons. The number of benzene rings is 2. The largest absolute Gasteiger partial charge is 0.497 e. The number of carbonyl (C=O) groups is 1. The lowest BCUT2D eigenvalue weighted by molar-refractivity contribution is -0.115. The summed E-state index contributed by atoms with van der Waals surface area (Å²) in [6.07, 6.45) is 3.93. The Morgan fingerprint density at radius 1 is 0.964 bits per heavy atom. The van der Waals surface area contributed by atoms with Gasteiger partial charge in [-0.3, -0.25) is 4.79 Å². The molecular weight excluding hydrogens is 354 g/mol. The van der Waals surface area contributed by atoms with Crippen LogP contribution in [0.4, 0.5) is 0 Å². The summed E-state index contributed by atoms with van der Waals surface area (Å²) >= 11 is 0. The van der Waals surface area contributed by atoms with E-state index >= 15 is 0 Å². The first-order chi connectivity index (χ1) is 13.6. The van der Waals surface area contributed by atoms with Crippen molar-refractivity contribution in [3.8, 4) is 17.2 Å². The van der Waals surface area contributed by atoms with Crippen LogP contribution in [0, 0.1) is 0 Å². The highest BCUT2D eigenvalue weighted by Gasteiger charge is 2.22. The van der Waals surface area contributed by atoms with Crippen molar-refractivity contribution in [3.63, 3.8) is 0 Å². The molecule has 2 aromatic rings. The van der Waals surface area contributed by atoms with E-state index in [0.717, 1.165) is 53.5 Å². The third kappa shape index (κ3) is 4.85. The molecule has 1 atom stereocenters. The van der Waals surface area contributed by atoms with E-state index in [4.69, 9.17) is 14.2 Å². The van der Waals surface area contributed by atoms with Gasteiger partial charge in [0.1, 0.15) is 5.75 Å². The molecule has 0 saturated carbocycles. The van der Waals surface area contributed by atoms with E-state index in [1.54, 1.807) is 27.4 Å². The van der Waals surface area contributed by atoms with Crippen LogP contribution in [0.3, 0.4) is 0 Å². The molecule has 0 aromatic heterocycles. The first-order valence-corrected chi connectivity index (χ1v) is 9.45. The van der Waals surface area contributed by atoms with Gasteiger partial charge in [0.05, 0.1) is 21.3 Å². The summed E-state index contributed by atoms with van der Waals surface area (Å²) in [6.45, 7) is 0.749. The number of allylic oxidation sites excluding steroid dienone is 2. The molecule has 0 saturated heterocycles. The molecule has 5 heteroatoms. The van der Waals surface area contributed by atoms with Crippen molar-refractivity contribution in [1.29, 1.82) is 0 Å². The lowest BCUT2D eigenvalue weighted by Crippen LogP contribution is -2.23. The van der Waals surface area contributed by atoms with Crippen LogP contribution in [0.5, 0.6) is 17.2 Å². The van der Waals surface area contributed by atoms with Gasteiger partial charge in [-0.2, -0.15) is 0 Å². The highest BCUT2D eigenvalue weighted by molar-refractivity contribution is 5.92. The van der Waals surface area contributed by atoms with Gasteiger partial charge in [-0.1, -0.05) is 18.2 Å². The van der Waals surface area contributed by atoms with Gasteiger partial charge in [0.2, 0.25) is 0 Å². The predicted molar refractivity (Wildman–Crippen MR) is 109 cm³/mol. The third-order valence-electron chi connectivity index (χ3n) is 5.03. The maximum absolute atomic E-state index is 12.2. The second kappa shape index (κ2) is 9.31. The fourth-order valence-electron chi connectivity index (χ4n) is 3.55. The van der Waals surface area contributed by atoms with Crippen LogP contribution in [0.2, 0.25) is 0 Å². The third-order valence-corrected chi connectivity index (χ3v) is 5.03. The number of ether oxygens (including phenoxy) is 3. The lowest BCUT2D eigenvalue weighted by atomic mass is 9.85. The van der Waals surface area contributed by atoms with E-state index in [1.165, 1.54) is 0 Å². The summed E-state index contributed by atoms with van der Waals surface area (Å²) in [5.74, 6) is 2.61. The minimum atomic E-state index is 0.160. The molecule has 0 fully saturated rings. The molecule has 3 rings (SSSR count). The molecule has 0 unspecified atom stereocenters. The van der Waals surface area contributed by atoms with Gasteiger partial charge in [0, 0.05) is 24.7 Å². The number of hydrogen-bond donors (Lipinski definition) is 1. The standard InChI is InChI=1S/C23H27NO4/c1-26-21-6-4-5-17(14-21)18-12-19(15-20(25)13-18)24-10-9-16-7-8-22(27-2)23(11-16)28-3/h4-8,11,14-15,18,24H,9-10,12-13H2,1-3H3/t18-/m1/s1. The normalized spacial score (nSPS) is 16.3. The van der Waals surface area contributed by atoms with Crippen molar-refractivity contribution in [2.75, 3.05) is 27.9 Å². The molecule has 0 aliphatic heterocycles. The Kier molecular flexibility index (Phi) is 6.58. The number of rotatable bonds is 8. The average Bonchev–Trinajstić information content (AvgIpc) is 2.73. The molecule has 0 spiro atoms. The van der Waals surface area contributed by atoms with Crippen LogP contribution in [0.1, 0.15) is 29.9 Å². The van der Waals surface area contributed by atoms with Gasteiger partial charge in [-0.15, -0.1) is 0 Å². The predicted octanol–water partition coefficient (Wildman–Crippen LogP) is 3.88. The summed E-state index contributed by atoms with van der Waals surface area (Å²) in [7, 11) is 4.92. The van der Waals surface area contributed by atoms with E-state index < -0.39 is 0 Å². The molecule has 0 bridgehead atoms. The first-order valence-electron chi connectivity index (χ1n) is 9.45. The van der Waals surface area contributed by atoms with Crippen molar-refractivity contribution in [1.82, 2.24) is 5.32 Å². The zero-order chi connectivity index (χ0) is 19.9. The van der Waals surface area contributed by atoms with E-state index in [0.29, 0.717) is 6.42 Å². The minimum Gasteiger partial charge on any atom is -0.497 e. The molecule has 2 aromatic carbocycles. The SMILES string of the molecule is COc1cccc([C@H]2CC(=O)C=C(NCCc3ccc(OC)c(OC)c3)C2)c1. The summed E-state index contributed by atoms with van der Waals surface area (Å²) in [4.78, 5) is 12.2. The van der Waals surface area contributed by atoms with Crippen LogP contribution in [-0.2, 0) is 11.2 Å². The molecule has 148 valence electrons. The van der Waals surface area contributed by atoms with Crippen molar-refractivity contribution >= 4 is 5.78 Å². The van der Waals surface area contributed by atoms with Gasteiger partial charge < -0.3 is 19.5 Å². The lowest BCUT2D eigenvalue weighted by Gasteiger charge is -2.24. The second-order valence-electron chi connectivity index (χ2n) is 6.88. The van der Waals surface area contributed by atoms with E-state index in [1.807, 2.05) is 36.4 Å². The summed E-state index contributed by atoms with van der Waals surface area (Å²) in [6, 6.07) is 13.9. The van der Waals surface area contributed by atoms with Crippen LogP contribution in [0.25, 0.3) is 0 Å². The first kappa shape index (κ1) is 19.8. The number of methoxy groups -OCH3 is 3. The van der Waals surface area contributed by atoms with Crippen molar-refractivity contribution in [2.45, 2.75) is 25.2 Å². The van der Waals surface area contributed by atoms with Gasteiger partial charge in [0.25, 0.3) is 0 Å². The highest BCUT2D eigenvalue weighted by atomic mass is 16.5. The topological polar surface area (TPSA) is 56.8 Å². The zero-order valence-electron chi connectivity index (χ0n) is 16.7. The molecule has 5 nitrogen and oxygen atoms in total. The summed E-state index contributed by atoms with van der Waals surface area (Å²) in [5, 5.41) is 3.43. The smallest absolute Gasteiger partial charge is 0.160 e. The number of carbonyl (C=O) groups excluding carboxylic acids is 1. The van der Waals surface area contributed by atoms with Gasteiger partial charge in [-0.25, -0.2) is 0 Å². The summed E-state index contributed by atoms with van der Waals surface area (Å²) < 4.78 is 15.9. The molecule has 0 heterocycles. The highest BCUT2D eigenvalue weighted by Crippen LogP contribution is 2.32. The van der Waals surface area contributed by atoms with E-state index in [-0.39, 0.29) is 11.7 Å². The Bertz CT molecular complexity index is 859. The minimum absolute atomic E-state index is 0.160. The molecular formula is C23H27NO4. The molecule has 1 N–H and O–H groups in total. The Morgan fingerprint density at radius 2 is 1.79 bits per heavy atom. The quantitative estimate of drug-likeness (QED) is 0.752. The van der Waals surface area contributed by atoms with Gasteiger partial charge >= 0.3 is 0 Å². The van der Waals surface area contributed by atoms with Crippen molar-refractivity contribution in [3.05, 3.63) is 65.4 Å². The number of ketones is 1. The Balaban J connectivity index is 1.60. The Hall–Kier alpha value is -2.95. The maximum Gasteiger partial charge on any atom is 0.160 e. The fourth-order valence-corrected chi connectivity index (χ4v) is 3.55. The van der Waals surface area contributed by atoms with E-state index in [2.05, 4.69) is 11.4 Å². The van der Waals surface area contributed by atoms with Crippen LogP contribution >= 0.6 is 0 Å². The molecule has 1 aliphatic carbocycles. The van der Waals surface area contributed by atoms with Crippen LogP contribution in [0.15, 0.2) is 54.2 Å². The fraction of sp³-hybridized carbons (Fsp3) is 0.348. The van der Waals surface area contributed by atoms with Gasteiger partial charge in [0.15, 0.2) is 17.3 Å². The number of nitrogens with one attached hydrogen (secondary N) is 1. The average molecular weight is 381 g/mol. The molecule has 0 amide bonds. The van der Waals surface area contributed by atoms with Crippen molar-refractivity contribution in [2.24, 2.45) is 0 Å². The zero-order valence-corrected chi connectivity index (χ0v) is 16.7. The monoisotopic (exact) mass is 381 g/mol. The van der Waals surface area contributed by atoms with Crippen LogP contribution < -0.4 is 19.5 Å².